The molecule has 0 spiro atoms. The molecule has 2 heteroatoms. The summed E-state index contributed by atoms with van der Waals surface area (Å²) in [5.74, 6) is 1.39. The van der Waals surface area contributed by atoms with Crippen LogP contribution in [0.2, 0.25) is 0 Å². The summed E-state index contributed by atoms with van der Waals surface area (Å²) in [6.07, 6.45) is 12.3. The second kappa shape index (κ2) is 9.03. The number of aryl methyl sites for hydroxylation is 1. The van der Waals surface area contributed by atoms with Crippen molar-refractivity contribution in [2.45, 2.75) is 64.7 Å². The van der Waals surface area contributed by atoms with Gasteiger partial charge < -0.3 is 4.42 Å². The lowest BCUT2D eigenvalue weighted by Crippen LogP contribution is -1.84. The predicted molar refractivity (Wildman–Crippen MR) is 70.4 cm³/mol. The van der Waals surface area contributed by atoms with E-state index in [0.29, 0.717) is 5.76 Å². The smallest absolute Gasteiger partial charge is 0.185 e. The van der Waals surface area contributed by atoms with E-state index in [2.05, 4.69) is 6.92 Å². The number of unbranched alkanes of at least 4 members (excludes halogenated alkanes) is 7. The van der Waals surface area contributed by atoms with Crippen LogP contribution in [0.5, 0.6) is 0 Å². The summed E-state index contributed by atoms with van der Waals surface area (Å²) >= 11 is 0. The highest BCUT2D eigenvalue weighted by molar-refractivity contribution is 5.70. The molecule has 0 unspecified atom stereocenters. The summed E-state index contributed by atoms with van der Waals surface area (Å²) in [6.45, 7) is 2.25. The SMILES string of the molecule is CCCCCCCCCCc1ccc(C=O)o1. The molecule has 0 aliphatic heterocycles. The molecule has 0 aliphatic carbocycles. The number of aldehydes is 1. The van der Waals surface area contributed by atoms with Crippen LogP contribution in [0, 0.1) is 0 Å². The van der Waals surface area contributed by atoms with Gasteiger partial charge in [0, 0.05) is 6.42 Å². The van der Waals surface area contributed by atoms with Crippen LogP contribution in [0.4, 0.5) is 0 Å². The monoisotopic (exact) mass is 236 g/mol. The second-order valence-electron chi connectivity index (χ2n) is 4.65. The van der Waals surface area contributed by atoms with Crippen molar-refractivity contribution in [1.82, 2.24) is 0 Å². The van der Waals surface area contributed by atoms with E-state index in [1.54, 1.807) is 6.07 Å². The predicted octanol–water partition coefficient (Wildman–Crippen LogP) is 4.78. The van der Waals surface area contributed by atoms with Gasteiger partial charge in [-0.2, -0.15) is 0 Å². The minimum absolute atomic E-state index is 0.444. The molecule has 0 bridgehead atoms. The first kappa shape index (κ1) is 14.0. The molecule has 0 radical (unpaired) electrons. The van der Waals surface area contributed by atoms with E-state index >= 15 is 0 Å². The van der Waals surface area contributed by atoms with Gasteiger partial charge >= 0.3 is 0 Å². The Hall–Kier alpha value is -1.05. The van der Waals surface area contributed by atoms with Gasteiger partial charge in [0.15, 0.2) is 12.0 Å². The van der Waals surface area contributed by atoms with Crippen LogP contribution >= 0.6 is 0 Å². The standard InChI is InChI=1S/C15H24O2/c1-2-3-4-5-6-7-8-9-10-14-11-12-15(13-16)17-14/h11-13H,2-10H2,1H3. The number of furan rings is 1. The average Bonchev–Trinajstić information content (AvgIpc) is 2.80. The summed E-state index contributed by atoms with van der Waals surface area (Å²) in [5.41, 5.74) is 0. The molecule has 17 heavy (non-hydrogen) atoms. The lowest BCUT2D eigenvalue weighted by atomic mass is 10.1. The molecule has 96 valence electrons. The van der Waals surface area contributed by atoms with Crippen LogP contribution in [0.3, 0.4) is 0 Å². The normalized spacial score (nSPS) is 10.6. The van der Waals surface area contributed by atoms with Gasteiger partial charge in [0.25, 0.3) is 0 Å². The van der Waals surface area contributed by atoms with Gasteiger partial charge in [0.05, 0.1) is 0 Å². The summed E-state index contributed by atoms with van der Waals surface area (Å²) < 4.78 is 5.32. The quantitative estimate of drug-likeness (QED) is 0.432. The first-order chi connectivity index (χ1) is 8.36. The van der Waals surface area contributed by atoms with E-state index in [-0.39, 0.29) is 0 Å². The zero-order chi connectivity index (χ0) is 12.3. The van der Waals surface area contributed by atoms with Gasteiger partial charge in [-0.05, 0) is 18.6 Å². The number of carbonyl (C=O) groups excluding carboxylic acids is 1. The molecule has 0 N–H and O–H groups in total. The third kappa shape index (κ3) is 6.30. The highest BCUT2D eigenvalue weighted by Gasteiger charge is 2.00. The van der Waals surface area contributed by atoms with Crippen LogP contribution in [-0.4, -0.2) is 6.29 Å². The first-order valence-electron chi connectivity index (χ1n) is 6.90. The van der Waals surface area contributed by atoms with Crippen molar-refractivity contribution < 1.29 is 9.21 Å². The summed E-state index contributed by atoms with van der Waals surface area (Å²) in [5, 5.41) is 0. The van der Waals surface area contributed by atoms with Crippen LogP contribution in [-0.2, 0) is 6.42 Å². The van der Waals surface area contributed by atoms with Gasteiger partial charge in [-0.25, -0.2) is 0 Å². The summed E-state index contributed by atoms with van der Waals surface area (Å²) in [7, 11) is 0. The molecule has 0 saturated carbocycles. The van der Waals surface area contributed by atoms with Crippen molar-refractivity contribution in [3.05, 3.63) is 23.7 Å². The van der Waals surface area contributed by atoms with Gasteiger partial charge in [-0.15, -0.1) is 0 Å². The van der Waals surface area contributed by atoms with Crippen molar-refractivity contribution in [1.29, 1.82) is 0 Å². The molecular weight excluding hydrogens is 212 g/mol. The Kier molecular flexibility index (Phi) is 7.44. The van der Waals surface area contributed by atoms with Crippen LogP contribution < -0.4 is 0 Å². The molecule has 0 amide bonds. The average molecular weight is 236 g/mol. The number of rotatable bonds is 10. The van der Waals surface area contributed by atoms with Gasteiger partial charge in [0.1, 0.15) is 5.76 Å². The van der Waals surface area contributed by atoms with Crippen molar-refractivity contribution in [2.75, 3.05) is 0 Å². The maximum absolute atomic E-state index is 10.4. The van der Waals surface area contributed by atoms with Crippen LogP contribution in [0.15, 0.2) is 16.5 Å². The number of carbonyl (C=O) groups is 1. The molecule has 0 saturated heterocycles. The molecule has 0 atom stereocenters. The Balaban J connectivity index is 1.95. The van der Waals surface area contributed by atoms with E-state index in [1.165, 1.54) is 51.4 Å². The molecule has 0 aliphatic rings. The number of hydrogen-bond donors (Lipinski definition) is 0. The molecular formula is C15H24O2. The fourth-order valence-corrected chi connectivity index (χ4v) is 2.03. The third-order valence-electron chi connectivity index (χ3n) is 3.08. The zero-order valence-electron chi connectivity index (χ0n) is 10.9. The van der Waals surface area contributed by atoms with Crippen LogP contribution in [0.1, 0.15) is 74.6 Å². The van der Waals surface area contributed by atoms with E-state index in [9.17, 15) is 4.79 Å². The van der Waals surface area contributed by atoms with Crippen LogP contribution in [0.25, 0.3) is 0 Å². The van der Waals surface area contributed by atoms with E-state index in [1.807, 2.05) is 6.07 Å². The van der Waals surface area contributed by atoms with E-state index in [4.69, 9.17) is 4.42 Å². The molecule has 1 heterocycles. The van der Waals surface area contributed by atoms with Crippen molar-refractivity contribution >= 4 is 6.29 Å². The Morgan fingerprint density at radius 3 is 2.24 bits per heavy atom. The fraction of sp³-hybridized carbons (Fsp3) is 0.667. The van der Waals surface area contributed by atoms with Crippen molar-refractivity contribution in [3.8, 4) is 0 Å². The van der Waals surface area contributed by atoms with Gasteiger partial charge in [0.2, 0.25) is 0 Å². The fourth-order valence-electron chi connectivity index (χ4n) is 2.03. The Morgan fingerprint density at radius 1 is 1.00 bits per heavy atom. The molecule has 1 rings (SSSR count). The van der Waals surface area contributed by atoms with Crippen molar-refractivity contribution in [3.63, 3.8) is 0 Å². The minimum atomic E-state index is 0.444. The molecule has 0 fully saturated rings. The zero-order valence-corrected chi connectivity index (χ0v) is 10.9. The second-order valence-corrected chi connectivity index (χ2v) is 4.65. The molecule has 1 aromatic rings. The highest BCUT2D eigenvalue weighted by atomic mass is 16.3. The van der Waals surface area contributed by atoms with Gasteiger partial charge in [-0.1, -0.05) is 51.9 Å². The molecule has 1 aromatic heterocycles. The topological polar surface area (TPSA) is 30.2 Å². The van der Waals surface area contributed by atoms with E-state index in [0.717, 1.165) is 18.5 Å². The van der Waals surface area contributed by atoms with Crippen molar-refractivity contribution in [2.24, 2.45) is 0 Å². The molecule has 0 aromatic carbocycles. The first-order valence-corrected chi connectivity index (χ1v) is 6.90. The Morgan fingerprint density at radius 2 is 1.65 bits per heavy atom. The van der Waals surface area contributed by atoms with E-state index < -0.39 is 0 Å². The maximum atomic E-state index is 10.4. The number of hydrogen-bond acceptors (Lipinski definition) is 2. The third-order valence-corrected chi connectivity index (χ3v) is 3.08. The Bertz CT molecular complexity index is 302. The maximum Gasteiger partial charge on any atom is 0.185 e. The van der Waals surface area contributed by atoms with Gasteiger partial charge in [-0.3, -0.25) is 4.79 Å². The summed E-state index contributed by atoms with van der Waals surface area (Å²) in [4.78, 5) is 10.4. The lowest BCUT2D eigenvalue weighted by Gasteiger charge is -2.00. The highest BCUT2D eigenvalue weighted by Crippen LogP contribution is 2.12. The summed E-state index contributed by atoms with van der Waals surface area (Å²) in [6, 6.07) is 3.65. The Labute approximate surface area is 104 Å². The minimum Gasteiger partial charge on any atom is -0.458 e. The largest absolute Gasteiger partial charge is 0.458 e. The lowest BCUT2D eigenvalue weighted by molar-refractivity contribution is 0.109. The molecule has 2 nitrogen and oxygen atoms in total.